The molecular weight excluding hydrogens is 342 g/mol. The maximum atomic E-state index is 12.5. The summed E-state index contributed by atoms with van der Waals surface area (Å²) < 4.78 is 5.16. The third-order valence-corrected chi connectivity index (χ3v) is 5.36. The second-order valence-corrected chi connectivity index (χ2v) is 7.28. The fourth-order valence-electron chi connectivity index (χ4n) is 3.63. The number of carbonyl (C=O) groups excluding carboxylic acids is 2. The van der Waals surface area contributed by atoms with Crippen molar-refractivity contribution in [2.45, 2.75) is 45.2 Å². The van der Waals surface area contributed by atoms with Crippen molar-refractivity contribution in [2.75, 3.05) is 26.7 Å². The van der Waals surface area contributed by atoms with E-state index >= 15 is 0 Å². The van der Waals surface area contributed by atoms with Gasteiger partial charge in [0.1, 0.15) is 12.3 Å². The Kier molecular flexibility index (Phi) is 6.37. The number of nitrogens with one attached hydrogen (secondary N) is 1. The first kappa shape index (κ1) is 19.3. The molecule has 1 aromatic carbocycles. The van der Waals surface area contributed by atoms with Gasteiger partial charge in [-0.1, -0.05) is 23.8 Å². The minimum Gasteiger partial charge on any atom is -0.497 e. The van der Waals surface area contributed by atoms with Crippen LogP contribution >= 0.6 is 0 Å². The van der Waals surface area contributed by atoms with Gasteiger partial charge < -0.3 is 19.9 Å². The summed E-state index contributed by atoms with van der Waals surface area (Å²) in [7, 11) is 1.63. The maximum Gasteiger partial charge on any atom is 0.318 e. The van der Waals surface area contributed by atoms with Crippen LogP contribution in [0.2, 0.25) is 0 Å². The molecule has 0 radical (unpaired) electrons. The Balaban J connectivity index is 1.50. The highest BCUT2D eigenvalue weighted by Gasteiger charge is 2.28. The summed E-state index contributed by atoms with van der Waals surface area (Å²) in [6, 6.07) is 7.60. The minimum atomic E-state index is -0.147. The molecular formula is C21H29N3O3. The van der Waals surface area contributed by atoms with E-state index in [0.717, 1.165) is 24.2 Å². The first-order valence-electron chi connectivity index (χ1n) is 9.72. The highest BCUT2D eigenvalue weighted by molar-refractivity contribution is 5.85. The van der Waals surface area contributed by atoms with Crippen LogP contribution in [0.4, 0.5) is 4.79 Å². The summed E-state index contributed by atoms with van der Waals surface area (Å²) in [5, 5.41) is 3.05. The number of piperazine rings is 1. The Labute approximate surface area is 161 Å². The summed E-state index contributed by atoms with van der Waals surface area (Å²) in [5.74, 6) is 0.783. The molecule has 1 aliphatic heterocycles. The van der Waals surface area contributed by atoms with E-state index in [4.69, 9.17) is 4.74 Å². The van der Waals surface area contributed by atoms with Crippen molar-refractivity contribution >= 4 is 11.9 Å². The van der Waals surface area contributed by atoms with E-state index in [2.05, 4.69) is 11.4 Å². The molecule has 0 aromatic heterocycles. The molecule has 6 nitrogen and oxygen atoms in total. The quantitative estimate of drug-likeness (QED) is 0.810. The molecule has 1 aliphatic carbocycles. The third kappa shape index (κ3) is 5.02. The molecule has 1 aromatic rings. The minimum absolute atomic E-state index is 0.0169. The Bertz CT molecular complexity index is 699. The average molecular weight is 371 g/mol. The zero-order valence-electron chi connectivity index (χ0n) is 16.2. The van der Waals surface area contributed by atoms with Crippen LogP contribution in [0.25, 0.3) is 0 Å². The second-order valence-electron chi connectivity index (χ2n) is 7.28. The molecule has 27 heavy (non-hydrogen) atoms. The monoisotopic (exact) mass is 371 g/mol. The number of hydrogen-bond acceptors (Lipinski definition) is 3. The number of amides is 3. The number of benzene rings is 1. The Hall–Kier alpha value is -2.50. The van der Waals surface area contributed by atoms with Crippen molar-refractivity contribution in [3.05, 3.63) is 41.5 Å². The van der Waals surface area contributed by atoms with Gasteiger partial charge in [0.25, 0.3) is 0 Å². The number of methoxy groups -OCH3 is 1. The van der Waals surface area contributed by atoms with Crippen molar-refractivity contribution in [3.63, 3.8) is 0 Å². The van der Waals surface area contributed by atoms with Gasteiger partial charge in [-0.3, -0.25) is 4.79 Å². The largest absolute Gasteiger partial charge is 0.497 e. The number of urea groups is 1. The average Bonchev–Trinajstić information content (AvgIpc) is 2.70. The number of hydrogen-bond donors (Lipinski definition) is 1. The van der Waals surface area contributed by atoms with Gasteiger partial charge in [0.15, 0.2) is 0 Å². The van der Waals surface area contributed by atoms with Gasteiger partial charge >= 0.3 is 6.03 Å². The number of carbonyl (C=O) groups is 2. The number of rotatable bonds is 5. The van der Waals surface area contributed by atoms with E-state index < -0.39 is 0 Å². The third-order valence-electron chi connectivity index (χ3n) is 5.36. The Morgan fingerprint density at radius 1 is 1.22 bits per heavy atom. The molecule has 3 amide bonds. The molecule has 2 aliphatic rings. The normalized spacial score (nSPS) is 18.7. The number of allylic oxidation sites excluding steroid dienone is 1. The summed E-state index contributed by atoms with van der Waals surface area (Å²) in [4.78, 5) is 28.4. The molecule has 0 bridgehead atoms. The van der Waals surface area contributed by atoms with E-state index in [1.807, 2.05) is 31.2 Å². The fourth-order valence-corrected chi connectivity index (χ4v) is 3.63. The van der Waals surface area contributed by atoms with Crippen molar-refractivity contribution in [2.24, 2.45) is 0 Å². The van der Waals surface area contributed by atoms with E-state index in [1.165, 1.54) is 18.4 Å². The van der Waals surface area contributed by atoms with Gasteiger partial charge in [0, 0.05) is 25.7 Å². The molecule has 146 valence electrons. The highest BCUT2D eigenvalue weighted by atomic mass is 16.5. The predicted molar refractivity (Wildman–Crippen MR) is 105 cm³/mol. The molecule has 1 N–H and O–H groups in total. The van der Waals surface area contributed by atoms with Crippen molar-refractivity contribution in [3.8, 4) is 5.75 Å². The van der Waals surface area contributed by atoms with Crippen LogP contribution in [-0.4, -0.2) is 54.5 Å². The summed E-state index contributed by atoms with van der Waals surface area (Å²) in [6.07, 6.45) is 6.81. The first-order chi connectivity index (χ1) is 13.1. The topological polar surface area (TPSA) is 61.9 Å². The smallest absolute Gasteiger partial charge is 0.318 e. The molecule has 1 heterocycles. The molecule has 1 atom stereocenters. The van der Waals surface area contributed by atoms with Crippen LogP contribution in [0.15, 0.2) is 35.9 Å². The number of nitrogens with zero attached hydrogens (tertiary/aromatic N) is 2. The van der Waals surface area contributed by atoms with Crippen molar-refractivity contribution in [1.29, 1.82) is 0 Å². The zero-order valence-corrected chi connectivity index (χ0v) is 16.2. The van der Waals surface area contributed by atoms with E-state index in [-0.39, 0.29) is 24.5 Å². The lowest BCUT2D eigenvalue weighted by Gasteiger charge is -2.35. The standard InChI is InChI=1S/C21H29N3O3/c1-16(18-6-4-3-5-7-18)22-21(26)24-13-12-23(20(25)15-24)14-17-8-10-19(27-2)11-9-17/h6,8-11,16H,3-5,7,12-15H2,1-2H3,(H,22,26)/t16-/m0/s1. The lowest BCUT2D eigenvalue weighted by Crippen LogP contribution is -2.55. The second kappa shape index (κ2) is 8.93. The van der Waals surface area contributed by atoms with Crippen LogP contribution in [0, 0.1) is 0 Å². The Morgan fingerprint density at radius 3 is 2.63 bits per heavy atom. The molecule has 6 heteroatoms. The molecule has 1 fully saturated rings. The maximum absolute atomic E-state index is 12.5. The van der Waals surface area contributed by atoms with Crippen molar-refractivity contribution in [1.82, 2.24) is 15.1 Å². The zero-order chi connectivity index (χ0) is 19.2. The summed E-state index contributed by atoms with van der Waals surface area (Å²) in [5.41, 5.74) is 2.36. The van der Waals surface area contributed by atoms with Crippen LogP contribution < -0.4 is 10.1 Å². The predicted octanol–water partition coefficient (Wildman–Crippen LogP) is 2.94. The molecule has 1 saturated heterocycles. The van der Waals surface area contributed by atoms with E-state index in [1.54, 1.807) is 16.9 Å². The molecule has 0 saturated carbocycles. The van der Waals surface area contributed by atoms with Gasteiger partial charge in [0.05, 0.1) is 7.11 Å². The molecule has 0 unspecified atom stereocenters. The van der Waals surface area contributed by atoms with Crippen LogP contribution in [0.1, 0.15) is 38.2 Å². The fraction of sp³-hybridized carbons (Fsp3) is 0.524. The summed E-state index contributed by atoms with van der Waals surface area (Å²) >= 11 is 0. The SMILES string of the molecule is COc1ccc(CN2CCN(C(=O)N[C@@H](C)C3=CCCCC3)CC2=O)cc1. The molecule has 3 rings (SSSR count). The van der Waals surface area contributed by atoms with Gasteiger partial charge in [-0.25, -0.2) is 4.79 Å². The molecule has 0 spiro atoms. The van der Waals surface area contributed by atoms with Gasteiger partial charge in [-0.2, -0.15) is 0 Å². The lowest BCUT2D eigenvalue weighted by atomic mass is 9.95. The number of ether oxygens (including phenoxy) is 1. The highest BCUT2D eigenvalue weighted by Crippen LogP contribution is 2.20. The van der Waals surface area contributed by atoms with Gasteiger partial charge in [-0.15, -0.1) is 0 Å². The van der Waals surface area contributed by atoms with Crippen LogP contribution in [0.3, 0.4) is 0 Å². The van der Waals surface area contributed by atoms with E-state index in [0.29, 0.717) is 19.6 Å². The van der Waals surface area contributed by atoms with Crippen molar-refractivity contribution < 1.29 is 14.3 Å². The first-order valence-corrected chi connectivity index (χ1v) is 9.72. The van der Waals surface area contributed by atoms with Crippen LogP contribution in [0.5, 0.6) is 5.75 Å². The van der Waals surface area contributed by atoms with Crippen LogP contribution in [-0.2, 0) is 11.3 Å². The van der Waals surface area contributed by atoms with Gasteiger partial charge in [-0.05, 0) is 50.3 Å². The lowest BCUT2D eigenvalue weighted by molar-refractivity contribution is -0.135. The Morgan fingerprint density at radius 2 is 2.00 bits per heavy atom. The van der Waals surface area contributed by atoms with Gasteiger partial charge in [0.2, 0.25) is 5.91 Å². The van der Waals surface area contributed by atoms with E-state index in [9.17, 15) is 9.59 Å². The summed E-state index contributed by atoms with van der Waals surface area (Å²) in [6.45, 7) is 3.82.